The van der Waals surface area contributed by atoms with Crippen molar-refractivity contribution in [1.29, 1.82) is 0 Å². The van der Waals surface area contributed by atoms with Crippen molar-refractivity contribution in [2.24, 2.45) is 0 Å². The molecule has 0 atom stereocenters. The molecule has 3 rings (SSSR count). The van der Waals surface area contributed by atoms with Crippen LogP contribution in [0.15, 0.2) is 66.7 Å². The largest absolute Gasteiger partial charge is 0.497 e. The first-order valence-corrected chi connectivity index (χ1v) is 9.55. The fraction of sp³-hybridized carbons (Fsp3) is 0.167. The van der Waals surface area contributed by atoms with Gasteiger partial charge in [-0.15, -0.1) is 0 Å². The van der Waals surface area contributed by atoms with E-state index in [1.54, 1.807) is 68.8 Å². The van der Waals surface area contributed by atoms with Gasteiger partial charge in [-0.05, 0) is 54.1 Å². The number of amides is 2. The molecule has 0 aliphatic rings. The summed E-state index contributed by atoms with van der Waals surface area (Å²) in [6, 6.07) is 18.0. The second kappa shape index (κ2) is 9.75. The number of benzene rings is 3. The summed E-state index contributed by atoms with van der Waals surface area (Å²) in [7, 11) is 4.56. The van der Waals surface area contributed by atoms with Crippen LogP contribution in [0.4, 0.5) is 10.1 Å². The zero-order chi connectivity index (χ0) is 22.4. The lowest BCUT2D eigenvalue weighted by Gasteiger charge is -2.20. The Balaban J connectivity index is 1.75. The van der Waals surface area contributed by atoms with Crippen LogP contribution in [0.3, 0.4) is 0 Å². The van der Waals surface area contributed by atoms with Crippen LogP contribution < -0.4 is 14.8 Å². The molecule has 2 amide bonds. The van der Waals surface area contributed by atoms with Crippen molar-refractivity contribution < 1.29 is 23.5 Å². The summed E-state index contributed by atoms with van der Waals surface area (Å²) in [6.07, 6.45) is 0. The lowest BCUT2D eigenvalue weighted by atomic mass is 10.1. The van der Waals surface area contributed by atoms with Gasteiger partial charge in [-0.2, -0.15) is 0 Å². The molecule has 0 bridgehead atoms. The molecule has 0 aliphatic heterocycles. The summed E-state index contributed by atoms with van der Waals surface area (Å²) in [6.45, 7) is 0.195. The Morgan fingerprint density at radius 1 is 0.968 bits per heavy atom. The Kier molecular flexibility index (Phi) is 6.87. The molecular weight excluding hydrogens is 399 g/mol. The van der Waals surface area contributed by atoms with Crippen molar-refractivity contribution in [1.82, 2.24) is 4.90 Å². The van der Waals surface area contributed by atoms with E-state index in [0.29, 0.717) is 28.1 Å². The number of hydrogen-bond donors (Lipinski definition) is 1. The van der Waals surface area contributed by atoms with Crippen LogP contribution >= 0.6 is 0 Å². The van der Waals surface area contributed by atoms with Crippen LogP contribution in [0, 0.1) is 5.82 Å². The van der Waals surface area contributed by atoms with Crippen molar-refractivity contribution in [2.45, 2.75) is 6.54 Å². The molecule has 0 saturated carbocycles. The van der Waals surface area contributed by atoms with Gasteiger partial charge in [0.15, 0.2) is 11.6 Å². The second-order valence-corrected chi connectivity index (χ2v) is 6.86. The highest BCUT2D eigenvalue weighted by Crippen LogP contribution is 2.22. The van der Waals surface area contributed by atoms with Gasteiger partial charge in [-0.25, -0.2) is 4.39 Å². The number of anilines is 1. The van der Waals surface area contributed by atoms with Crippen LogP contribution in [0.25, 0.3) is 0 Å². The number of rotatable bonds is 7. The monoisotopic (exact) mass is 422 g/mol. The summed E-state index contributed by atoms with van der Waals surface area (Å²) < 4.78 is 24.0. The first-order chi connectivity index (χ1) is 14.9. The van der Waals surface area contributed by atoms with Crippen molar-refractivity contribution in [3.05, 3.63) is 89.2 Å². The molecule has 0 radical (unpaired) electrons. The van der Waals surface area contributed by atoms with Crippen LogP contribution in [0.2, 0.25) is 0 Å². The van der Waals surface area contributed by atoms with Crippen LogP contribution in [0.1, 0.15) is 26.3 Å². The molecule has 6 nitrogen and oxygen atoms in total. The van der Waals surface area contributed by atoms with Gasteiger partial charge in [0.25, 0.3) is 11.8 Å². The SMILES string of the molecule is COc1ccc(C(=O)Nc2ccccc2C(=O)N(C)Cc2ccc(OC)c(F)c2)cc1. The van der Waals surface area contributed by atoms with Gasteiger partial charge in [-0.3, -0.25) is 9.59 Å². The summed E-state index contributed by atoms with van der Waals surface area (Å²) in [5.41, 5.74) is 1.78. The quantitative estimate of drug-likeness (QED) is 0.614. The molecule has 3 aromatic carbocycles. The summed E-state index contributed by atoms with van der Waals surface area (Å²) in [5.74, 6) is -0.356. The minimum Gasteiger partial charge on any atom is -0.497 e. The maximum absolute atomic E-state index is 14.0. The molecule has 0 aromatic heterocycles. The van der Waals surface area contributed by atoms with Crippen molar-refractivity contribution in [2.75, 3.05) is 26.6 Å². The average molecular weight is 422 g/mol. The molecule has 0 spiro atoms. The fourth-order valence-corrected chi connectivity index (χ4v) is 3.08. The third kappa shape index (κ3) is 5.19. The van der Waals surface area contributed by atoms with Gasteiger partial charge in [0.2, 0.25) is 0 Å². The number of hydrogen-bond acceptors (Lipinski definition) is 4. The topological polar surface area (TPSA) is 67.9 Å². The third-order valence-corrected chi connectivity index (χ3v) is 4.74. The van der Waals surface area contributed by atoms with E-state index in [9.17, 15) is 14.0 Å². The number of nitrogens with zero attached hydrogens (tertiary/aromatic N) is 1. The first-order valence-electron chi connectivity index (χ1n) is 9.55. The number of nitrogens with one attached hydrogen (secondary N) is 1. The second-order valence-electron chi connectivity index (χ2n) is 6.86. The lowest BCUT2D eigenvalue weighted by molar-refractivity contribution is 0.0786. The van der Waals surface area contributed by atoms with Crippen LogP contribution in [-0.2, 0) is 6.54 Å². The first kappa shape index (κ1) is 21.8. The normalized spacial score (nSPS) is 10.3. The number of carbonyl (C=O) groups is 2. The molecule has 0 unspecified atom stereocenters. The molecular formula is C24H23FN2O4. The minimum absolute atomic E-state index is 0.143. The van der Waals surface area contributed by atoms with E-state index in [4.69, 9.17) is 9.47 Å². The molecule has 0 saturated heterocycles. The Hall–Kier alpha value is -3.87. The molecule has 0 fully saturated rings. The van der Waals surface area contributed by atoms with Crippen molar-refractivity contribution >= 4 is 17.5 Å². The number of para-hydroxylation sites is 1. The lowest BCUT2D eigenvalue weighted by Crippen LogP contribution is -2.27. The van der Waals surface area contributed by atoms with Crippen LogP contribution in [0.5, 0.6) is 11.5 Å². The fourth-order valence-electron chi connectivity index (χ4n) is 3.08. The highest BCUT2D eigenvalue weighted by molar-refractivity contribution is 6.09. The number of halogens is 1. The Morgan fingerprint density at radius 2 is 1.68 bits per heavy atom. The molecule has 7 heteroatoms. The Morgan fingerprint density at radius 3 is 2.32 bits per heavy atom. The van der Waals surface area contributed by atoms with E-state index >= 15 is 0 Å². The summed E-state index contributed by atoms with van der Waals surface area (Å²) >= 11 is 0. The predicted octanol–water partition coefficient (Wildman–Crippen LogP) is 4.37. The molecule has 0 heterocycles. The van der Waals surface area contributed by atoms with Gasteiger partial charge in [0.1, 0.15) is 5.75 Å². The number of ether oxygens (including phenoxy) is 2. The van der Waals surface area contributed by atoms with E-state index in [1.807, 2.05) is 0 Å². The Labute approximate surface area is 180 Å². The Bertz CT molecular complexity index is 1080. The van der Waals surface area contributed by atoms with E-state index in [0.717, 1.165) is 0 Å². The van der Waals surface area contributed by atoms with E-state index in [-0.39, 0.29) is 24.1 Å². The van der Waals surface area contributed by atoms with E-state index in [2.05, 4.69) is 5.32 Å². The number of methoxy groups -OCH3 is 2. The standard InChI is InChI=1S/C24H23FN2O4/c1-27(15-16-8-13-22(31-3)20(25)14-16)24(29)19-6-4-5-7-21(19)26-23(28)17-9-11-18(30-2)12-10-17/h4-14H,15H2,1-3H3,(H,26,28). The summed E-state index contributed by atoms with van der Waals surface area (Å²) in [4.78, 5) is 27.1. The highest BCUT2D eigenvalue weighted by atomic mass is 19.1. The van der Waals surface area contributed by atoms with Crippen molar-refractivity contribution in [3.8, 4) is 11.5 Å². The van der Waals surface area contributed by atoms with Gasteiger partial charge >= 0.3 is 0 Å². The van der Waals surface area contributed by atoms with E-state index < -0.39 is 5.82 Å². The van der Waals surface area contributed by atoms with Gasteiger partial charge in [0, 0.05) is 19.2 Å². The maximum atomic E-state index is 14.0. The average Bonchev–Trinajstić information content (AvgIpc) is 2.79. The van der Waals surface area contributed by atoms with Crippen molar-refractivity contribution in [3.63, 3.8) is 0 Å². The van der Waals surface area contributed by atoms with Gasteiger partial charge < -0.3 is 19.7 Å². The summed E-state index contributed by atoms with van der Waals surface area (Å²) in [5, 5.41) is 2.78. The van der Waals surface area contributed by atoms with Crippen LogP contribution in [-0.4, -0.2) is 38.0 Å². The molecule has 31 heavy (non-hydrogen) atoms. The zero-order valence-corrected chi connectivity index (χ0v) is 17.5. The highest BCUT2D eigenvalue weighted by Gasteiger charge is 2.18. The minimum atomic E-state index is -0.493. The molecule has 1 N–H and O–H groups in total. The molecule has 3 aromatic rings. The molecule has 160 valence electrons. The van der Waals surface area contributed by atoms with Gasteiger partial charge in [0.05, 0.1) is 25.5 Å². The smallest absolute Gasteiger partial charge is 0.256 e. The maximum Gasteiger partial charge on any atom is 0.256 e. The molecule has 0 aliphatic carbocycles. The third-order valence-electron chi connectivity index (χ3n) is 4.74. The van der Waals surface area contributed by atoms with E-state index in [1.165, 1.54) is 24.1 Å². The van der Waals surface area contributed by atoms with Gasteiger partial charge in [-0.1, -0.05) is 18.2 Å². The predicted molar refractivity (Wildman–Crippen MR) is 116 cm³/mol. The zero-order valence-electron chi connectivity index (χ0n) is 17.5. The number of carbonyl (C=O) groups excluding carboxylic acids is 2.